The van der Waals surface area contributed by atoms with Crippen molar-refractivity contribution in [1.29, 1.82) is 0 Å². The number of hydrogen-bond acceptors (Lipinski definition) is 3. The summed E-state index contributed by atoms with van der Waals surface area (Å²) in [6, 6.07) is 15.7. The van der Waals surface area contributed by atoms with E-state index in [-0.39, 0.29) is 12.0 Å². The van der Waals surface area contributed by atoms with Gasteiger partial charge in [-0.2, -0.15) is 0 Å². The minimum atomic E-state index is -0.960. The lowest BCUT2D eigenvalue weighted by Crippen LogP contribution is -2.30. The minimum absolute atomic E-state index is 0.176. The molecule has 1 unspecified atom stereocenters. The first-order valence-corrected chi connectivity index (χ1v) is 7.32. The quantitative estimate of drug-likeness (QED) is 0.804. The van der Waals surface area contributed by atoms with E-state index < -0.39 is 12.0 Å². The summed E-state index contributed by atoms with van der Waals surface area (Å²) in [6.07, 6.45) is -0.176. The average molecular weight is 308 g/mol. The fourth-order valence-corrected chi connectivity index (χ4v) is 2.82. The highest BCUT2D eigenvalue weighted by Gasteiger charge is 2.21. The van der Waals surface area contributed by atoms with E-state index in [9.17, 15) is 14.7 Å². The SMILES string of the molecule is Cc1nc2ccccc2c(=O)n1C(CC(=O)O)c1ccccc1. The van der Waals surface area contributed by atoms with Gasteiger partial charge in [0.05, 0.1) is 23.4 Å². The normalized spacial score (nSPS) is 12.2. The van der Waals surface area contributed by atoms with Crippen molar-refractivity contribution in [2.24, 2.45) is 0 Å². The van der Waals surface area contributed by atoms with Crippen LogP contribution in [0.2, 0.25) is 0 Å². The zero-order valence-corrected chi connectivity index (χ0v) is 12.6. The van der Waals surface area contributed by atoms with Gasteiger partial charge in [0.25, 0.3) is 5.56 Å². The van der Waals surface area contributed by atoms with Gasteiger partial charge in [0.1, 0.15) is 5.82 Å². The van der Waals surface area contributed by atoms with Crippen LogP contribution in [0.1, 0.15) is 23.9 Å². The van der Waals surface area contributed by atoms with Crippen LogP contribution in [0.5, 0.6) is 0 Å². The fraction of sp³-hybridized carbons (Fsp3) is 0.167. The van der Waals surface area contributed by atoms with Crippen LogP contribution in [-0.2, 0) is 4.79 Å². The number of carboxylic acid groups (broad SMARTS) is 1. The van der Waals surface area contributed by atoms with Crippen LogP contribution in [0, 0.1) is 6.92 Å². The van der Waals surface area contributed by atoms with Gasteiger partial charge in [0.15, 0.2) is 0 Å². The maximum Gasteiger partial charge on any atom is 0.305 e. The van der Waals surface area contributed by atoms with E-state index in [1.54, 1.807) is 25.1 Å². The lowest BCUT2D eigenvalue weighted by atomic mass is 10.0. The summed E-state index contributed by atoms with van der Waals surface area (Å²) in [6.45, 7) is 1.73. The predicted molar refractivity (Wildman–Crippen MR) is 87.6 cm³/mol. The number of rotatable bonds is 4. The Hall–Kier alpha value is -2.95. The number of carbonyl (C=O) groups is 1. The van der Waals surface area contributed by atoms with Gasteiger partial charge in [-0.15, -0.1) is 0 Å². The predicted octanol–water partition coefficient (Wildman–Crippen LogP) is 2.77. The summed E-state index contributed by atoms with van der Waals surface area (Å²) >= 11 is 0. The topological polar surface area (TPSA) is 72.2 Å². The van der Waals surface area contributed by atoms with Gasteiger partial charge in [-0.05, 0) is 24.6 Å². The smallest absolute Gasteiger partial charge is 0.305 e. The number of aromatic nitrogens is 2. The average Bonchev–Trinajstić information content (AvgIpc) is 2.54. The number of benzene rings is 2. The van der Waals surface area contributed by atoms with Gasteiger partial charge in [-0.3, -0.25) is 14.2 Å². The molecule has 1 heterocycles. The van der Waals surface area contributed by atoms with Crippen LogP contribution in [0.4, 0.5) is 0 Å². The number of carboxylic acids is 1. The van der Waals surface area contributed by atoms with E-state index in [0.29, 0.717) is 16.7 Å². The van der Waals surface area contributed by atoms with Crippen molar-refractivity contribution >= 4 is 16.9 Å². The molecule has 116 valence electrons. The Bertz CT molecular complexity index is 916. The van der Waals surface area contributed by atoms with Crippen molar-refractivity contribution in [3.8, 4) is 0 Å². The molecule has 0 spiro atoms. The molecule has 1 atom stereocenters. The molecule has 0 saturated heterocycles. The number of nitrogens with zero attached hydrogens (tertiary/aromatic N) is 2. The zero-order chi connectivity index (χ0) is 16.4. The molecule has 1 aromatic heterocycles. The molecule has 0 radical (unpaired) electrons. The molecule has 0 saturated carbocycles. The highest BCUT2D eigenvalue weighted by atomic mass is 16.4. The van der Waals surface area contributed by atoms with Crippen molar-refractivity contribution in [2.75, 3.05) is 0 Å². The van der Waals surface area contributed by atoms with Crippen LogP contribution in [-0.4, -0.2) is 20.6 Å². The van der Waals surface area contributed by atoms with Crippen LogP contribution in [0.3, 0.4) is 0 Å². The highest BCUT2D eigenvalue weighted by Crippen LogP contribution is 2.22. The standard InChI is InChI=1S/C18H16N2O3/c1-12-19-15-10-6-5-9-14(15)18(23)20(12)16(11-17(21)22)13-7-3-2-4-8-13/h2-10,16H,11H2,1H3,(H,21,22). The van der Waals surface area contributed by atoms with Crippen molar-refractivity contribution < 1.29 is 9.90 Å². The van der Waals surface area contributed by atoms with E-state index in [2.05, 4.69) is 4.98 Å². The van der Waals surface area contributed by atoms with E-state index >= 15 is 0 Å². The highest BCUT2D eigenvalue weighted by molar-refractivity contribution is 5.77. The Balaban J connectivity index is 2.26. The maximum absolute atomic E-state index is 12.9. The molecule has 0 aliphatic heterocycles. The number of hydrogen-bond donors (Lipinski definition) is 1. The monoisotopic (exact) mass is 308 g/mol. The lowest BCUT2D eigenvalue weighted by Gasteiger charge is -2.21. The fourth-order valence-electron chi connectivity index (χ4n) is 2.82. The van der Waals surface area contributed by atoms with Gasteiger partial charge in [0, 0.05) is 0 Å². The van der Waals surface area contributed by atoms with E-state index in [1.165, 1.54) is 4.57 Å². The Morgan fingerprint density at radius 2 is 1.78 bits per heavy atom. The van der Waals surface area contributed by atoms with Gasteiger partial charge in [-0.25, -0.2) is 4.98 Å². The van der Waals surface area contributed by atoms with Crippen molar-refractivity contribution in [1.82, 2.24) is 9.55 Å². The van der Waals surface area contributed by atoms with Crippen molar-refractivity contribution in [3.05, 3.63) is 76.3 Å². The molecule has 0 fully saturated rings. The molecular weight excluding hydrogens is 292 g/mol. The van der Waals surface area contributed by atoms with Crippen LogP contribution in [0.15, 0.2) is 59.4 Å². The van der Waals surface area contributed by atoms with E-state index in [4.69, 9.17) is 0 Å². The third kappa shape index (κ3) is 2.85. The third-order valence-electron chi connectivity index (χ3n) is 3.85. The number of para-hydroxylation sites is 1. The first kappa shape index (κ1) is 15.0. The minimum Gasteiger partial charge on any atom is -0.481 e. The molecule has 5 nitrogen and oxygen atoms in total. The second kappa shape index (κ2) is 6.04. The summed E-state index contributed by atoms with van der Waals surface area (Å²) in [7, 11) is 0. The molecule has 2 aromatic carbocycles. The molecular formula is C18H16N2O3. The number of aliphatic carboxylic acids is 1. The number of aryl methyl sites for hydroxylation is 1. The zero-order valence-electron chi connectivity index (χ0n) is 12.6. The van der Waals surface area contributed by atoms with Gasteiger partial charge in [-0.1, -0.05) is 42.5 Å². The molecule has 1 N–H and O–H groups in total. The van der Waals surface area contributed by atoms with Gasteiger partial charge in [0.2, 0.25) is 0 Å². The second-order valence-electron chi connectivity index (χ2n) is 5.38. The van der Waals surface area contributed by atoms with Crippen molar-refractivity contribution in [2.45, 2.75) is 19.4 Å². The second-order valence-corrected chi connectivity index (χ2v) is 5.38. The van der Waals surface area contributed by atoms with Crippen molar-refractivity contribution in [3.63, 3.8) is 0 Å². The first-order valence-electron chi connectivity index (χ1n) is 7.32. The largest absolute Gasteiger partial charge is 0.481 e. The summed E-state index contributed by atoms with van der Waals surface area (Å²) in [5.41, 5.74) is 1.17. The summed E-state index contributed by atoms with van der Waals surface area (Å²) in [4.78, 5) is 28.6. The van der Waals surface area contributed by atoms with Crippen LogP contribution < -0.4 is 5.56 Å². The molecule has 23 heavy (non-hydrogen) atoms. The molecule has 3 aromatic rings. The molecule has 0 amide bonds. The van der Waals surface area contributed by atoms with Crippen LogP contribution in [0.25, 0.3) is 10.9 Å². The molecule has 0 aliphatic rings. The summed E-state index contributed by atoms with van der Waals surface area (Å²) < 4.78 is 1.48. The molecule has 3 rings (SSSR count). The van der Waals surface area contributed by atoms with Crippen LogP contribution >= 0.6 is 0 Å². The Morgan fingerprint density at radius 1 is 1.13 bits per heavy atom. The van der Waals surface area contributed by atoms with Gasteiger partial charge >= 0.3 is 5.97 Å². The van der Waals surface area contributed by atoms with E-state index in [0.717, 1.165) is 5.56 Å². The summed E-state index contributed by atoms with van der Waals surface area (Å²) in [5.74, 6) is -0.456. The number of fused-ring (bicyclic) bond motifs is 1. The lowest BCUT2D eigenvalue weighted by molar-refractivity contribution is -0.137. The Kier molecular flexibility index (Phi) is 3.93. The molecule has 5 heteroatoms. The Labute approximate surface area is 132 Å². The summed E-state index contributed by atoms with van der Waals surface area (Å²) in [5, 5.41) is 9.76. The Morgan fingerprint density at radius 3 is 2.48 bits per heavy atom. The maximum atomic E-state index is 12.9. The third-order valence-corrected chi connectivity index (χ3v) is 3.85. The molecule has 0 bridgehead atoms. The van der Waals surface area contributed by atoms with Gasteiger partial charge < -0.3 is 5.11 Å². The van der Waals surface area contributed by atoms with E-state index in [1.807, 2.05) is 36.4 Å². The molecule has 0 aliphatic carbocycles. The first-order chi connectivity index (χ1) is 11.1.